The molecule has 1 aromatic rings. The Kier molecular flexibility index (Phi) is 9.16. The van der Waals surface area contributed by atoms with Gasteiger partial charge in [0.15, 0.2) is 0 Å². The molecule has 34 heavy (non-hydrogen) atoms. The van der Waals surface area contributed by atoms with E-state index in [0.29, 0.717) is 43.8 Å². The maximum absolute atomic E-state index is 13.4. The molecule has 1 aromatic heterocycles. The number of hydrogen-bond donors (Lipinski definition) is 1. The van der Waals surface area contributed by atoms with Crippen molar-refractivity contribution in [2.75, 3.05) is 46.0 Å². The van der Waals surface area contributed by atoms with Crippen LogP contribution in [0.4, 0.5) is 0 Å². The summed E-state index contributed by atoms with van der Waals surface area (Å²) in [6.45, 7) is 7.02. The highest BCUT2D eigenvalue weighted by molar-refractivity contribution is 5.99. The number of nitrogens with one attached hydrogen (secondary N) is 1. The zero-order valence-corrected chi connectivity index (χ0v) is 20.5. The molecule has 4 aliphatic rings. The number of aromatic nitrogens is 1. The quantitative estimate of drug-likeness (QED) is 0.681. The molecule has 0 radical (unpaired) electrons. The van der Waals surface area contributed by atoms with Gasteiger partial charge in [-0.1, -0.05) is 26.2 Å². The van der Waals surface area contributed by atoms with Crippen LogP contribution in [-0.2, 0) is 9.53 Å². The number of rotatable bonds is 3. The minimum absolute atomic E-state index is 0.0298. The summed E-state index contributed by atoms with van der Waals surface area (Å²) in [5.41, 5.74) is 0.351. The van der Waals surface area contributed by atoms with E-state index >= 15 is 0 Å². The van der Waals surface area contributed by atoms with Crippen LogP contribution < -0.4 is 10.1 Å². The van der Waals surface area contributed by atoms with Gasteiger partial charge in [0.25, 0.3) is 5.91 Å². The van der Waals surface area contributed by atoms with E-state index in [0.717, 1.165) is 45.4 Å². The summed E-state index contributed by atoms with van der Waals surface area (Å²) in [6.07, 6.45) is 10.3. The number of carbonyl (C=O) groups excluding carboxylic acids is 2. The first kappa shape index (κ1) is 24.9. The number of carbonyl (C=O) groups is 2. The van der Waals surface area contributed by atoms with Crippen LogP contribution in [0.25, 0.3) is 0 Å². The van der Waals surface area contributed by atoms with Crippen molar-refractivity contribution < 1.29 is 19.1 Å². The highest BCUT2D eigenvalue weighted by atomic mass is 16.5. The Bertz CT molecular complexity index is 806. The molecule has 3 aliphatic heterocycles. The van der Waals surface area contributed by atoms with Gasteiger partial charge in [0.1, 0.15) is 18.2 Å². The molecule has 0 unspecified atom stereocenters. The first-order valence-electron chi connectivity index (χ1n) is 13.1. The van der Waals surface area contributed by atoms with E-state index in [2.05, 4.69) is 15.2 Å². The lowest BCUT2D eigenvalue weighted by Crippen LogP contribution is -2.51. The van der Waals surface area contributed by atoms with Crippen LogP contribution in [0.1, 0.15) is 68.6 Å². The molecule has 1 saturated heterocycles. The molecule has 8 nitrogen and oxygen atoms in total. The van der Waals surface area contributed by atoms with Gasteiger partial charge < -0.3 is 19.7 Å². The van der Waals surface area contributed by atoms with Crippen molar-refractivity contribution in [1.82, 2.24) is 20.1 Å². The summed E-state index contributed by atoms with van der Waals surface area (Å²) in [5, 5.41) is 2.96. The predicted molar refractivity (Wildman–Crippen MR) is 130 cm³/mol. The van der Waals surface area contributed by atoms with Crippen LogP contribution in [0.3, 0.4) is 0 Å². The number of ether oxygens (including phenoxy) is 2. The smallest absolute Gasteiger partial charge is 0.257 e. The first-order valence-corrected chi connectivity index (χ1v) is 13.1. The molecule has 1 N–H and O–H groups in total. The van der Waals surface area contributed by atoms with Gasteiger partial charge in [-0.25, -0.2) is 4.98 Å². The number of hydrogen-bond acceptors (Lipinski definition) is 6. The fraction of sp³-hybridized carbons (Fsp3) is 0.731. The monoisotopic (exact) mass is 472 g/mol. The van der Waals surface area contributed by atoms with E-state index in [1.165, 1.54) is 25.7 Å². The van der Waals surface area contributed by atoms with Crippen molar-refractivity contribution in [3.05, 3.63) is 23.9 Å². The van der Waals surface area contributed by atoms with Crippen LogP contribution >= 0.6 is 0 Å². The van der Waals surface area contributed by atoms with Crippen LogP contribution in [0.15, 0.2) is 18.3 Å². The maximum atomic E-state index is 13.4. The summed E-state index contributed by atoms with van der Waals surface area (Å²) in [7, 11) is 0. The second-order valence-electron chi connectivity index (χ2n) is 9.83. The number of nitrogens with zero attached hydrogens (tertiary/aromatic N) is 3. The Morgan fingerprint density at radius 3 is 2.62 bits per heavy atom. The van der Waals surface area contributed by atoms with Crippen LogP contribution in [0.2, 0.25) is 0 Å². The molecular weight excluding hydrogens is 432 g/mol. The van der Waals surface area contributed by atoms with Gasteiger partial charge in [0.05, 0.1) is 13.2 Å². The fourth-order valence-corrected chi connectivity index (χ4v) is 5.52. The van der Waals surface area contributed by atoms with E-state index < -0.39 is 6.04 Å². The van der Waals surface area contributed by atoms with Gasteiger partial charge >= 0.3 is 0 Å². The third-order valence-electron chi connectivity index (χ3n) is 7.45. The highest BCUT2D eigenvalue weighted by Crippen LogP contribution is 2.27. The maximum Gasteiger partial charge on any atom is 0.257 e. The van der Waals surface area contributed by atoms with Crippen molar-refractivity contribution in [1.29, 1.82) is 0 Å². The normalized spacial score (nSPS) is 26.4. The highest BCUT2D eigenvalue weighted by Gasteiger charge is 2.32. The lowest BCUT2D eigenvalue weighted by Gasteiger charge is -2.38. The molecule has 2 fully saturated rings. The minimum Gasteiger partial charge on any atom is -0.475 e. The summed E-state index contributed by atoms with van der Waals surface area (Å²) < 4.78 is 11.7. The number of fused-ring (bicyclic) bond motifs is 12. The van der Waals surface area contributed by atoms with Gasteiger partial charge in [-0.05, 0) is 50.2 Å². The summed E-state index contributed by atoms with van der Waals surface area (Å²) in [6, 6.07) is 3.53. The van der Waals surface area contributed by atoms with E-state index in [4.69, 9.17) is 9.47 Å². The van der Waals surface area contributed by atoms with Crippen molar-refractivity contribution in [2.45, 2.75) is 70.4 Å². The molecular formula is C26H40N4O4. The molecule has 0 aromatic carbocycles. The molecule has 1 aliphatic carbocycles. The minimum atomic E-state index is -0.528. The third-order valence-corrected chi connectivity index (χ3v) is 7.45. The van der Waals surface area contributed by atoms with Gasteiger partial charge in [0, 0.05) is 38.4 Å². The van der Waals surface area contributed by atoms with Crippen LogP contribution in [0.5, 0.6) is 5.88 Å². The molecule has 2 amide bonds. The standard InChI is InChI=1S/C26H40N4O4/c1-2-6-23-26(32)29-13-10-20(11-14-29)19-30(21-7-3-4-8-21)15-16-33-17-18-34-25-22(24(31)28-23)9-5-12-27-25/h5,9,12,20-21,23H,2-4,6-8,10-11,13-19H2,1H3,(H,28,31)/t23-/m1/s1. The molecule has 2 bridgehead atoms. The Morgan fingerprint density at radius 1 is 1.06 bits per heavy atom. The van der Waals surface area contributed by atoms with Gasteiger partial charge in [-0.2, -0.15) is 0 Å². The topological polar surface area (TPSA) is 84.0 Å². The summed E-state index contributed by atoms with van der Waals surface area (Å²) in [4.78, 5) is 35.2. The van der Waals surface area contributed by atoms with Gasteiger partial charge in [0.2, 0.25) is 11.8 Å². The molecule has 4 heterocycles. The Labute approximate surface area is 203 Å². The molecule has 5 rings (SSSR count). The van der Waals surface area contributed by atoms with Crippen LogP contribution in [-0.4, -0.2) is 84.7 Å². The molecule has 188 valence electrons. The van der Waals surface area contributed by atoms with Crippen molar-refractivity contribution in [3.8, 4) is 5.88 Å². The zero-order chi connectivity index (χ0) is 23.8. The van der Waals surface area contributed by atoms with E-state index in [1.54, 1.807) is 18.3 Å². The number of pyridine rings is 1. The van der Waals surface area contributed by atoms with Gasteiger partial charge in [-0.15, -0.1) is 0 Å². The average molecular weight is 473 g/mol. The number of piperidine rings is 1. The third kappa shape index (κ3) is 6.48. The van der Waals surface area contributed by atoms with Crippen molar-refractivity contribution in [2.24, 2.45) is 5.92 Å². The molecule has 1 atom stereocenters. The Morgan fingerprint density at radius 2 is 1.85 bits per heavy atom. The first-order chi connectivity index (χ1) is 16.7. The van der Waals surface area contributed by atoms with Crippen molar-refractivity contribution in [3.63, 3.8) is 0 Å². The second kappa shape index (κ2) is 12.5. The molecule has 0 spiro atoms. The lowest BCUT2D eigenvalue weighted by atomic mass is 9.94. The van der Waals surface area contributed by atoms with Crippen molar-refractivity contribution >= 4 is 11.8 Å². The second-order valence-corrected chi connectivity index (χ2v) is 9.83. The predicted octanol–water partition coefficient (Wildman–Crippen LogP) is 2.87. The summed E-state index contributed by atoms with van der Waals surface area (Å²) >= 11 is 0. The summed E-state index contributed by atoms with van der Waals surface area (Å²) in [5.74, 6) is 0.589. The average Bonchev–Trinajstić information content (AvgIpc) is 3.40. The SMILES string of the molecule is CCC[C@H]1NC(=O)c2cccnc2OCCOCCN(C2CCCC2)CC2CCN(CC2)C1=O. The lowest BCUT2D eigenvalue weighted by molar-refractivity contribution is -0.135. The molecule has 1 saturated carbocycles. The van der Waals surface area contributed by atoms with E-state index in [-0.39, 0.29) is 17.7 Å². The fourth-order valence-electron chi connectivity index (χ4n) is 5.52. The van der Waals surface area contributed by atoms with E-state index in [1.807, 2.05) is 11.8 Å². The zero-order valence-electron chi connectivity index (χ0n) is 20.5. The van der Waals surface area contributed by atoms with E-state index in [9.17, 15) is 9.59 Å². The molecule has 8 heteroatoms. The Balaban J connectivity index is 1.50. The van der Waals surface area contributed by atoms with Crippen LogP contribution in [0, 0.1) is 5.92 Å². The van der Waals surface area contributed by atoms with Gasteiger partial charge in [-0.3, -0.25) is 14.5 Å². The number of amides is 2. The largest absolute Gasteiger partial charge is 0.475 e. The Hall–Kier alpha value is -2.19.